The summed E-state index contributed by atoms with van der Waals surface area (Å²) in [5.74, 6) is 0.629. The van der Waals surface area contributed by atoms with Gasteiger partial charge >= 0.3 is 6.03 Å². The third-order valence-electron chi connectivity index (χ3n) is 5.04. The second kappa shape index (κ2) is 9.06. The first-order valence-electron chi connectivity index (χ1n) is 9.19. The number of rotatable bonds is 5. The average molecular weight is 372 g/mol. The van der Waals surface area contributed by atoms with Gasteiger partial charge in [0, 0.05) is 31.2 Å². The molecule has 0 saturated carbocycles. The number of piperidine rings is 1. The Balaban J connectivity index is 1.42. The minimum Gasteiger partial charge on any atom is -0.334 e. The molecule has 3 N–H and O–H groups in total. The number of hydrogen-bond acceptors (Lipinski definition) is 2. The molecule has 0 aliphatic carbocycles. The van der Waals surface area contributed by atoms with E-state index < -0.39 is 0 Å². The van der Waals surface area contributed by atoms with Crippen molar-refractivity contribution in [2.45, 2.75) is 32.4 Å². The maximum atomic E-state index is 12.4. The van der Waals surface area contributed by atoms with Crippen molar-refractivity contribution in [2.75, 3.05) is 13.1 Å². The molecular weight excluding hydrogens is 346 g/mol. The summed E-state index contributed by atoms with van der Waals surface area (Å²) in [5.41, 5.74) is 9.11. The highest BCUT2D eigenvalue weighted by molar-refractivity contribution is 6.30. The number of amides is 2. The molecule has 5 heteroatoms. The Morgan fingerprint density at radius 3 is 2.19 bits per heavy atom. The molecule has 0 atom stereocenters. The van der Waals surface area contributed by atoms with E-state index in [1.54, 1.807) is 0 Å². The summed E-state index contributed by atoms with van der Waals surface area (Å²) >= 11 is 5.94. The fourth-order valence-corrected chi connectivity index (χ4v) is 3.50. The number of nitrogens with one attached hydrogen (secondary N) is 1. The molecule has 0 unspecified atom stereocenters. The van der Waals surface area contributed by atoms with Crippen molar-refractivity contribution in [1.29, 1.82) is 0 Å². The van der Waals surface area contributed by atoms with E-state index in [2.05, 4.69) is 17.4 Å². The minimum atomic E-state index is 0.0258. The van der Waals surface area contributed by atoms with Crippen LogP contribution in [0.5, 0.6) is 0 Å². The molecule has 1 aliphatic rings. The van der Waals surface area contributed by atoms with E-state index in [-0.39, 0.29) is 6.03 Å². The predicted molar refractivity (Wildman–Crippen MR) is 106 cm³/mol. The molecule has 0 radical (unpaired) electrons. The molecule has 0 spiro atoms. The van der Waals surface area contributed by atoms with Crippen molar-refractivity contribution in [3.63, 3.8) is 0 Å². The van der Waals surface area contributed by atoms with Crippen LogP contribution in [0.25, 0.3) is 0 Å². The summed E-state index contributed by atoms with van der Waals surface area (Å²) in [7, 11) is 0. The zero-order valence-corrected chi connectivity index (χ0v) is 15.7. The van der Waals surface area contributed by atoms with Gasteiger partial charge in [0.05, 0.1) is 0 Å². The van der Waals surface area contributed by atoms with E-state index in [1.807, 2.05) is 41.3 Å². The van der Waals surface area contributed by atoms with E-state index in [0.717, 1.165) is 48.5 Å². The summed E-state index contributed by atoms with van der Waals surface area (Å²) in [4.78, 5) is 14.3. The Kier molecular flexibility index (Phi) is 6.53. The molecule has 0 bridgehead atoms. The number of urea groups is 1. The number of halogens is 1. The first-order valence-corrected chi connectivity index (χ1v) is 9.57. The normalized spacial score (nSPS) is 15.1. The first kappa shape index (κ1) is 18.7. The molecule has 1 fully saturated rings. The molecule has 3 rings (SSSR count). The highest BCUT2D eigenvalue weighted by Gasteiger charge is 2.22. The van der Waals surface area contributed by atoms with Crippen LogP contribution in [-0.2, 0) is 19.5 Å². The Bertz CT molecular complexity index is 707. The second-order valence-electron chi connectivity index (χ2n) is 6.94. The SMILES string of the molecule is NCc1ccc(CNC(=O)N2CCC(Cc3ccc(Cl)cc3)CC2)cc1. The quantitative estimate of drug-likeness (QED) is 0.835. The van der Waals surface area contributed by atoms with Gasteiger partial charge in [-0.3, -0.25) is 0 Å². The minimum absolute atomic E-state index is 0.0258. The van der Waals surface area contributed by atoms with Crippen LogP contribution in [0, 0.1) is 5.92 Å². The zero-order valence-electron chi connectivity index (χ0n) is 15.0. The van der Waals surface area contributed by atoms with E-state index in [4.69, 9.17) is 17.3 Å². The van der Waals surface area contributed by atoms with Gasteiger partial charge in [0.15, 0.2) is 0 Å². The van der Waals surface area contributed by atoms with E-state index >= 15 is 0 Å². The van der Waals surface area contributed by atoms with Gasteiger partial charge in [-0.2, -0.15) is 0 Å². The Morgan fingerprint density at radius 2 is 1.58 bits per heavy atom. The summed E-state index contributed by atoms with van der Waals surface area (Å²) in [6.07, 6.45) is 3.14. The highest BCUT2D eigenvalue weighted by atomic mass is 35.5. The summed E-state index contributed by atoms with van der Waals surface area (Å²) in [6.45, 7) is 2.72. The third-order valence-corrected chi connectivity index (χ3v) is 5.29. The lowest BCUT2D eigenvalue weighted by Crippen LogP contribution is -2.44. The molecule has 2 amide bonds. The lowest BCUT2D eigenvalue weighted by atomic mass is 9.90. The molecule has 4 nitrogen and oxygen atoms in total. The molecule has 0 aromatic heterocycles. The van der Waals surface area contributed by atoms with Crippen LogP contribution in [0.4, 0.5) is 4.79 Å². The zero-order chi connectivity index (χ0) is 18.4. The highest BCUT2D eigenvalue weighted by Crippen LogP contribution is 2.22. The molecule has 26 heavy (non-hydrogen) atoms. The van der Waals surface area contributed by atoms with Crippen LogP contribution in [0.3, 0.4) is 0 Å². The molecular formula is C21H26ClN3O. The lowest BCUT2D eigenvalue weighted by molar-refractivity contribution is 0.170. The fourth-order valence-electron chi connectivity index (χ4n) is 3.38. The third kappa shape index (κ3) is 5.23. The van der Waals surface area contributed by atoms with Gasteiger partial charge in [-0.25, -0.2) is 4.79 Å². The number of nitrogens with two attached hydrogens (primary N) is 1. The second-order valence-corrected chi connectivity index (χ2v) is 7.38. The largest absolute Gasteiger partial charge is 0.334 e. The Morgan fingerprint density at radius 1 is 1.00 bits per heavy atom. The van der Waals surface area contributed by atoms with Crippen molar-refractivity contribution >= 4 is 17.6 Å². The fraction of sp³-hybridized carbons (Fsp3) is 0.381. The number of hydrogen-bond donors (Lipinski definition) is 2. The lowest BCUT2D eigenvalue weighted by Gasteiger charge is -2.32. The summed E-state index contributed by atoms with van der Waals surface area (Å²) in [6, 6.07) is 16.1. The molecule has 1 saturated heterocycles. The van der Waals surface area contributed by atoms with Gasteiger partial charge in [0.2, 0.25) is 0 Å². The predicted octanol–water partition coefficient (Wildman–Crippen LogP) is 3.96. The van der Waals surface area contributed by atoms with Crippen LogP contribution in [0.15, 0.2) is 48.5 Å². The van der Waals surface area contributed by atoms with Crippen molar-refractivity contribution < 1.29 is 4.79 Å². The Labute approximate surface area is 160 Å². The smallest absolute Gasteiger partial charge is 0.317 e. The number of benzene rings is 2. The van der Waals surface area contributed by atoms with Crippen molar-refractivity contribution in [3.8, 4) is 0 Å². The van der Waals surface area contributed by atoms with Crippen LogP contribution in [0.2, 0.25) is 5.02 Å². The first-order chi connectivity index (χ1) is 12.6. The van der Waals surface area contributed by atoms with Gasteiger partial charge < -0.3 is 16.0 Å². The van der Waals surface area contributed by atoms with Gasteiger partial charge in [0.25, 0.3) is 0 Å². The van der Waals surface area contributed by atoms with E-state index in [1.165, 1.54) is 5.56 Å². The van der Waals surface area contributed by atoms with Crippen molar-refractivity contribution in [1.82, 2.24) is 10.2 Å². The number of likely N-dealkylation sites (tertiary alicyclic amines) is 1. The monoisotopic (exact) mass is 371 g/mol. The van der Waals surface area contributed by atoms with Gasteiger partial charge in [-0.05, 0) is 54.0 Å². The Hall–Kier alpha value is -2.04. The number of nitrogens with zero attached hydrogens (tertiary/aromatic N) is 1. The molecule has 138 valence electrons. The topological polar surface area (TPSA) is 58.4 Å². The molecule has 2 aromatic rings. The van der Waals surface area contributed by atoms with Crippen LogP contribution in [0.1, 0.15) is 29.5 Å². The van der Waals surface area contributed by atoms with Crippen LogP contribution >= 0.6 is 11.6 Å². The summed E-state index contributed by atoms with van der Waals surface area (Å²) < 4.78 is 0. The maximum absolute atomic E-state index is 12.4. The summed E-state index contributed by atoms with van der Waals surface area (Å²) in [5, 5.41) is 3.79. The maximum Gasteiger partial charge on any atom is 0.317 e. The standard InChI is InChI=1S/C21H26ClN3O/c22-20-7-5-16(6-8-20)13-17-9-11-25(12-10-17)21(26)24-15-19-3-1-18(14-23)2-4-19/h1-8,17H,9-15,23H2,(H,24,26). The van der Waals surface area contributed by atoms with Gasteiger partial charge in [-0.15, -0.1) is 0 Å². The van der Waals surface area contributed by atoms with Gasteiger partial charge in [0.1, 0.15) is 0 Å². The van der Waals surface area contributed by atoms with E-state index in [0.29, 0.717) is 19.0 Å². The van der Waals surface area contributed by atoms with Gasteiger partial charge in [-0.1, -0.05) is 48.0 Å². The van der Waals surface area contributed by atoms with Crippen LogP contribution in [-0.4, -0.2) is 24.0 Å². The van der Waals surface area contributed by atoms with Crippen LogP contribution < -0.4 is 11.1 Å². The molecule has 1 aliphatic heterocycles. The molecule has 1 heterocycles. The van der Waals surface area contributed by atoms with Crippen molar-refractivity contribution in [3.05, 3.63) is 70.2 Å². The van der Waals surface area contributed by atoms with E-state index in [9.17, 15) is 4.79 Å². The van der Waals surface area contributed by atoms with Crippen molar-refractivity contribution in [2.24, 2.45) is 11.7 Å². The number of carbonyl (C=O) groups excluding carboxylic acids is 1. The average Bonchev–Trinajstić information content (AvgIpc) is 2.69. The number of carbonyl (C=O) groups is 1. The molecule has 2 aromatic carbocycles.